The molecule has 0 aliphatic carbocycles. The molecule has 9 heteroatoms. The number of primary amides is 1. The van der Waals surface area contributed by atoms with Crippen LogP contribution in [0.3, 0.4) is 0 Å². The van der Waals surface area contributed by atoms with Gasteiger partial charge in [0, 0.05) is 0 Å². The van der Waals surface area contributed by atoms with Crippen LogP contribution in [-0.2, 0) is 4.79 Å². The number of amides is 2. The maximum atomic E-state index is 11.5. The highest BCUT2D eigenvalue weighted by Gasteiger charge is 2.21. The lowest BCUT2D eigenvalue weighted by molar-refractivity contribution is -0.385. The largest absolute Gasteiger partial charge is 0.368 e. The zero-order valence-electron chi connectivity index (χ0n) is 8.34. The Morgan fingerprint density at radius 1 is 1.59 bits per heavy atom. The van der Waals surface area contributed by atoms with Gasteiger partial charge in [-0.15, -0.1) is 0 Å². The van der Waals surface area contributed by atoms with Crippen molar-refractivity contribution in [3.63, 3.8) is 0 Å². The molecule has 2 amide bonds. The van der Waals surface area contributed by atoms with Gasteiger partial charge in [-0.25, -0.2) is 4.98 Å². The standard InChI is InChI=1S/C8H7ClN4O4/c9-6-1-4(5(2-11-6)13(16)17)8(15)12-3-7(10)14/h1-2H,3H2,(H2,10,14)(H,12,15). The number of hydrogen-bond acceptors (Lipinski definition) is 5. The van der Waals surface area contributed by atoms with E-state index < -0.39 is 29.0 Å². The third-order valence-corrected chi connectivity index (χ3v) is 1.92. The molecule has 17 heavy (non-hydrogen) atoms. The molecule has 3 N–H and O–H groups in total. The van der Waals surface area contributed by atoms with E-state index >= 15 is 0 Å². The highest BCUT2D eigenvalue weighted by atomic mass is 35.5. The van der Waals surface area contributed by atoms with E-state index in [-0.39, 0.29) is 10.7 Å². The summed E-state index contributed by atoms with van der Waals surface area (Å²) >= 11 is 5.52. The molecule has 0 unspecified atom stereocenters. The van der Waals surface area contributed by atoms with E-state index in [0.29, 0.717) is 0 Å². The maximum absolute atomic E-state index is 11.5. The monoisotopic (exact) mass is 258 g/mol. The number of nitrogens with one attached hydrogen (secondary N) is 1. The highest BCUT2D eigenvalue weighted by Crippen LogP contribution is 2.19. The number of hydrogen-bond donors (Lipinski definition) is 2. The number of nitrogens with zero attached hydrogens (tertiary/aromatic N) is 2. The molecule has 1 aromatic rings. The van der Waals surface area contributed by atoms with Gasteiger partial charge >= 0.3 is 0 Å². The number of pyridine rings is 1. The Kier molecular flexibility index (Phi) is 3.94. The first kappa shape index (κ1) is 12.8. The van der Waals surface area contributed by atoms with Gasteiger partial charge in [0.15, 0.2) is 0 Å². The molecule has 0 fully saturated rings. The summed E-state index contributed by atoms with van der Waals surface area (Å²) in [6.45, 7) is -0.421. The van der Waals surface area contributed by atoms with E-state index in [4.69, 9.17) is 17.3 Å². The van der Waals surface area contributed by atoms with Crippen molar-refractivity contribution in [3.8, 4) is 0 Å². The zero-order chi connectivity index (χ0) is 13.0. The second-order valence-corrected chi connectivity index (χ2v) is 3.32. The lowest BCUT2D eigenvalue weighted by Gasteiger charge is -2.03. The molecular weight excluding hydrogens is 252 g/mol. The Morgan fingerprint density at radius 3 is 2.76 bits per heavy atom. The minimum atomic E-state index is -0.820. The third kappa shape index (κ3) is 3.38. The van der Waals surface area contributed by atoms with Crippen LogP contribution in [0.4, 0.5) is 5.69 Å². The Bertz CT molecular complexity index is 490. The number of nitrogens with two attached hydrogens (primary N) is 1. The van der Waals surface area contributed by atoms with Gasteiger partial charge in [0.05, 0.1) is 11.5 Å². The molecule has 0 bridgehead atoms. The molecule has 1 aromatic heterocycles. The van der Waals surface area contributed by atoms with Crippen molar-refractivity contribution in [1.82, 2.24) is 10.3 Å². The summed E-state index contributed by atoms with van der Waals surface area (Å²) in [6.07, 6.45) is 0.863. The first-order chi connectivity index (χ1) is 7.91. The average molecular weight is 259 g/mol. The van der Waals surface area contributed by atoms with Crippen molar-refractivity contribution >= 4 is 29.1 Å². The molecule has 0 aromatic carbocycles. The van der Waals surface area contributed by atoms with E-state index in [9.17, 15) is 19.7 Å². The van der Waals surface area contributed by atoms with E-state index in [1.807, 2.05) is 0 Å². The van der Waals surface area contributed by atoms with Gasteiger partial charge in [-0.3, -0.25) is 19.7 Å². The molecule has 1 rings (SSSR count). The van der Waals surface area contributed by atoms with Crippen LogP contribution in [-0.4, -0.2) is 28.3 Å². The quantitative estimate of drug-likeness (QED) is 0.441. The van der Waals surface area contributed by atoms with Gasteiger partial charge in [-0.1, -0.05) is 11.6 Å². The predicted octanol–water partition coefficient (Wildman–Crippen LogP) is -0.142. The molecule has 0 spiro atoms. The smallest absolute Gasteiger partial charge is 0.300 e. The molecular formula is C8H7ClN4O4. The van der Waals surface area contributed by atoms with Crippen LogP contribution >= 0.6 is 11.6 Å². The van der Waals surface area contributed by atoms with Crippen molar-refractivity contribution in [1.29, 1.82) is 0 Å². The lowest BCUT2D eigenvalue weighted by atomic mass is 10.2. The van der Waals surface area contributed by atoms with Gasteiger partial charge in [0.25, 0.3) is 11.6 Å². The minimum Gasteiger partial charge on any atom is -0.368 e. The first-order valence-corrected chi connectivity index (χ1v) is 4.66. The normalized spacial score (nSPS) is 9.71. The van der Waals surface area contributed by atoms with Crippen molar-refractivity contribution in [3.05, 3.63) is 33.1 Å². The van der Waals surface area contributed by atoms with Crippen LogP contribution in [0.5, 0.6) is 0 Å². The fourth-order valence-electron chi connectivity index (χ4n) is 1.01. The summed E-state index contributed by atoms with van der Waals surface area (Å²) < 4.78 is 0. The number of halogens is 1. The predicted molar refractivity (Wildman–Crippen MR) is 57.4 cm³/mol. The van der Waals surface area contributed by atoms with Gasteiger partial charge < -0.3 is 11.1 Å². The number of carbonyl (C=O) groups is 2. The summed E-state index contributed by atoms with van der Waals surface area (Å²) in [6, 6.07) is 1.04. The molecule has 1 heterocycles. The number of rotatable bonds is 4. The summed E-state index contributed by atoms with van der Waals surface area (Å²) in [5, 5.41) is 12.7. The van der Waals surface area contributed by atoms with Crippen LogP contribution in [0, 0.1) is 10.1 Å². The topological polar surface area (TPSA) is 128 Å². The van der Waals surface area contributed by atoms with Crippen LogP contribution in [0.1, 0.15) is 10.4 Å². The van der Waals surface area contributed by atoms with Crippen LogP contribution < -0.4 is 11.1 Å². The lowest BCUT2D eigenvalue weighted by Crippen LogP contribution is -2.33. The number of aromatic nitrogens is 1. The Morgan fingerprint density at radius 2 is 2.24 bits per heavy atom. The van der Waals surface area contributed by atoms with Gasteiger partial charge in [-0.2, -0.15) is 0 Å². The van der Waals surface area contributed by atoms with E-state index in [1.165, 1.54) is 0 Å². The van der Waals surface area contributed by atoms with Crippen molar-refractivity contribution in [2.45, 2.75) is 0 Å². The molecule has 0 atom stereocenters. The molecule has 0 radical (unpaired) electrons. The molecule has 0 aliphatic heterocycles. The van der Waals surface area contributed by atoms with Crippen molar-refractivity contribution in [2.75, 3.05) is 6.54 Å². The third-order valence-electron chi connectivity index (χ3n) is 1.71. The van der Waals surface area contributed by atoms with Crippen molar-refractivity contribution in [2.24, 2.45) is 5.73 Å². The average Bonchev–Trinajstić information content (AvgIpc) is 2.25. The fourth-order valence-corrected chi connectivity index (χ4v) is 1.17. The Hall–Kier alpha value is -2.22. The molecule has 0 aliphatic rings. The van der Waals surface area contributed by atoms with E-state index in [2.05, 4.69) is 10.3 Å². The minimum absolute atomic E-state index is 0.0696. The van der Waals surface area contributed by atoms with Gasteiger partial charge in [-0.05, 0) is 6.07 Å². The SMILES string of the molecule is NC(=O)CNC(=O)c1cc(Cl)ncc1[N+](=O)[O-]. The summed E-state index contributed by atoms with van der Waals surface area (Å²) in [7, 11) is 0. The van der Waals surface area contributed by atoms with Crippen LogP contribution in [0.2, 0.25) is 5.15 Å². The van der Waals surface area contributed by atoms with Crippen LogP contribution in [0.15, 0.2) is 12.3 Å². The van der Waals surface area contributed by atoms with Gasteiger partial charge in [0.1, 0.15) is 16.9 Å². The Balaban J connectivity index is 3.02. The van der Waals surface area contributed by atoms with Crippen molar-refractivity contribution < 1.29 is 14.5 Å². The first-order valence-electron chi connectivity index (χ1n) is 4.28. The molecule has 0 saturated heterocycles. The highest BCUT2D eigenvalue weighted by molar-refractivity contribution is 6.29. The van der Waals surface area contributed by atoms with Gasteiger partial charge in [0.2, 0.25) is 5.91 Å². The molecule has 8 nitrogen and oxygen atoms in total. The second-order valence-electron chi connectivity index (χ2n) is 2.93. The zero-order valence-corrected chi connectivity index (χ0v) is 9.10. The Labute approximate surface area is 99.9 Å². The fraction of sp³-hybridized carbons (Fsp3) is 0.125. The van der Waals surface area contributed by atoms with Crippen LogP contribution in [0.25, 0.3) is 0 Å². The summed E-state index contributed by atoms with van der Waals surface area (Å²) in [4.78, 5) is 35.3. The number of nitro groups is 1. The maximum Gasteiger partial charge on any atom is 0.300 e. The van der Waals surface area contributed by atoms with E-state index in [1.54, 1.807) is 0 Å². The molecule has 0 saturated carbocycles. The van der Waals surface area contributed by atoms with E-state index in [0.717, 1.165) is 12.3 Å². The number of carbonyl (C=O) groups excluding carboxylic acids is 2. The summed E-state index contributed by atoms with van der Waals surface area (Å²) in [5.41, 5.74) is 4.04. The summed E-state index contributed by atoms with van der Waals surface area (Å²) in [5.74, 6) is -1.58. The second kappa shape index (κ2) is 5.21. The molecule has 90 valence electrons.